The number of urea groups is 1. The lowest BCUT2D eigenvalue weighted by molar-refractivity contribution is 0.141. The topological polar surface area (TPSA) is 61.4 Å². The first-order valence-electron chi connectivity index (χ1n) is 8.80. The van der Waals surface area contributed by atoms with Gasteiger partial charge in [-0.3, -0.25) is 0 Å². The van der Waals surface area contributed by atoms with Crippen LogP contribution in [-0.2, 0) is 0 Å². The maximum Gasteiger partial charge on any atom is 0.317 e. The second-order valence-electron chi connectivity index (χ2n) is 6.34. The number of hydrogen-bond acceptors (Lipinski definition) is 4. The van der Waals surface area contributed by atoms with Crippen molar-refractivity contribution < 1.29 is 4.79 Å². The third kappa shape index (κ3) is 4.33. The third-order valence-corrected chi connectivity index (χ3v) is 4.75. The van der Waals surface area contributed by atoms with Gasteiger partial charge in [-0.1, -0.05) is 31.2 Å². The molecule has 0 saturated carbocycles. The standard InChI is InChI=1S/C19H25N5O/c1-3-23-8-10-24(11-9-23)19(25)22-15(2)16-4-6-17(7-5-16)18-12-20-14-21-13-18/h4-7,12-15H,3,8-11H2,1-2H3,(H,22,25)/t15-/m0/s1. The van der Waals surface area contributed by atoms with Crippen LogP contribution in [0.3, 0.4) is 0 Å². The van der Waals surface area contributed by atoms with Crippen molar-refractivity contribution >= 4 is 6.03 Å². The highest BCUT2D eigenvalue weighted by Gasteiger charge is 2.21. The molecule has 1 saturated heterocycles. The molecule has 132 valence electrons. The highest BCUT2D eigenvalue weighted by molar-refractivity contribution is 5.75. The number of aromatic nitrogens is 2. The number of rotatable bonds is 4. The van der Waals surface area contributed by atoms with E-state index in [1.807, 2.05) is 36.1 Å². The van der Waals surface area contributed by atoms with Crippen molar-refractivity contribution in [2.75, 3.05) is 32.7 Å². The molecule has 0 spiro atoms. The Morgan fingerprint density at radius 2 is 1.72 bits per heavy atom. The summed E-state index contributed by atoms with van der Waals surface area (Å²) in [6, 6.07) is 8.15. The van der Waals surface area contributed by atoms with Crippen molar-refractivity contribution in [2.24, 2.45) is 0 Å². The number of carbonyl (C=O) groups is 1. The molecule has 3 rings (SSSR count). The van der Waals surface area contributed by atoms with Crippen LogP contribution in [0.2, 0.25) is 0 Å². The smallest absolute Gasteiger partial charge is 0.317 e. The molecule has 2 amide bonds. The SMILES string of the molecule is CCN1CCN(C(=O)N[C@@H](C)c2ccc(-c3cncnc3)cc2)CC1. The van der Waals surface area contributed by atoms with Gasteiger partial charge in [-0.2, -0.15) is 0 Å². The summed E-state index contributed by atoms with van der Waals surface area (Å²) in [5, 5.41) is 3.10. The van der Waals surface area contributed by atoms with Crippen LogP contribution in [0.1, 0.15) is 25.5 Å². The van der Waals surface area contributed by atoms with E-state index in [1.54, 1.807) is 12.4 Å². The molecule has 1 fully saturated rings. The maximum absolute atomic E-state index is 12.4. The molecule has 2 aromatic rings. The average molecular weight is 339 g/mol. The normalized spacial score (nSPS) is 16.5. The van der Waals surface area contributed by atoms with E-state index in [2.05, 4.69) is 27.1 Å². The molecule has 0 radical (unpaired) electrons. The number of piperazine rings is 1. The van der Waals surface area contributed by atoms with Crippen LogP contribution in [0.4, 0.5) is 4.79 Å². The number of hydrogen-bond donors (Lipinski definition) is 1. The van der Waals surface area contributed by atoms with Crippen LogP contribution in [-0.4, -0.2) is 58.5 Å². The van der Waals surface area contributed by atoms with E-state index in [-0.39, 0.29) is 12.1 Å². The van der Waals surface area contributed by atoms with Gasteiger partial charge in [0.1, 0.15) is 6.33 Å². The summed E-state index contributed by atoms with van der Waals surface area (Å²) in [4.78, 5) is 24.8. The molecule has 6 heteroatoms. The molecule has 1 atom stereocenters. The zero-order chi connectivity index (χ0) is 17.6. The van der Waals surface area contributed by atoms with Gasteiger partial charge in [0.05, 0.1) is 6.04 Å². The van der Waals surface area contributed by atoms with Gasteiger partial charge in [0.25, 0.3) is 0 Å². The molecule has 6 nitrogen and oxygen atoms in total. The van der Waals surface area contributed by atoms with E-state index in [0.717, 1.165) is 49.4 Å². The van der Waals surface area contributed by atoms with Crippen LogP contribution in [0.25, 0.3) is 11.1 Å². The van der Waals surface area contributed by atoms with E-state index in [9.17, 15) is 4.79 Å². The highest BCUT2D eigenvalue weighted by Crippen LogP contribution is 2.20. The Balaban J connectivity index is 1.58. The van der Waals surface area contributed by atoms with Crippen LogP contribution in [0.5, 0.6) is 0 Å². The number of carbonyl (C=O) groups excluding carboxylic acids is 1. The van der Waals surface area contributed by atoms with Crippen LogP contribution >= 0.6 is 0 Å². The Morgan fingerprint density at radius 1 is 1.08 bits per heavy atom. The predicted molar refractivity (Wildman–Crippen MR) is 98.1 cm³/mol. The lowest BCUT2D eigenvalue weighted by atomic mass is 10.0. The second-order valence-corrected chi connectivity index (χ2v) is 6.34. The lowest BCUT2D eigenvalue weighted by Crippen LogP contribution is -2.51. The van der Waals surface area contributed by atoms with Gasteiger partial charge in [-0.05, 0) is 24.6 Å². The predicted octanol–water partition coefficient (Wildman–Crippen LogP) is 2.55. The minimum atomic E-state index is -0.0298. The fraction of sp³-hybridized carbons (Fsp3) is 0.421. The monoisotopic (exact) mass is 339 g/mol. The van der Waals surface area contributed by atoms with Crippen molar-refractivity contribution in [3.8, 4) is 11.1 Å². The average Bonchev–Trinajstić information content (AvgIpc) is 2.68. The largest absolute Gasteiger partial charge is 0.331 e. The Morgan fingerprint density at radius 3 is 2.32 bits per heavy atom. The molecular weight excluding hydrogens is 314 g/mol. The fourth-order valence-corrected chi connectivity index (χ4v) is 3.04. The van der Waals surface area contributed by atoms with Gasteiger partial charge in [-0.15, -0.1) is 0 Å². The van der Waals surface area contributed by atoms with Crippen molar-refractivity contribution in [3.63, 3.8) is 0 Å². The molecule has 1 aliphatic heterocycles. The second kappa shape index (κ2) is 8.07. The quantitative estimate of drug-likeness (QED) is 0.930. The van der Waals surface area contributed by atoms with Crippen LogP contribution in [0, 0.1) is 0 Å². The maximum atomic E-state index is 12.4. The van der Waals surface area contributed by atoms with Crippen LogP contribution < -0.4 is 5.32 Å². The third-order valence-electron chi connectivity index (χ3n) is 4.75. The number of likely N-dealkylation sites (N-methyl/N-ethyl adjacent to an activating group) is 1. The van der Waals surface area contributed by atoms with Crippen molar-refractivity contribution in [1.82, 2.24) is 25.1 Å². The van der Waals surface area contributed by atoms with E-state index < -0.39 is 0 Å². The molecule has 1 aliphatic rings. The number of amides is 2. The van der Waals surface area contributed by atoms with E-state index in [0.29, 0.717) is 0 Å². The Kier molecular flexibility index (Phi) is 5.60. The molecule has 1 aromatic carbocycles. The molecule has 1 aromatic heterocycles. The van der Waals surface area contributed by atoms with Crippen LogP contribution in [0.15, 0.2) is 43.0 Å². The van der Waals surface area contributed by atoms with Crippen molar-refractivity contribution in [1.29, 1.82) is 0 Å². The van der Waals surface area contributed by atoms with E-state index in [4.69, 9.17) is 0 Å². The fourth-order valence-electron chi connectivity index (χ4n) is 3.04. The summed E-state index contributed by atoms with van der Waals surface area (Å²) < 4.78 is 0. The first-order chi connectivity index (χ1) is 12.2. The Labute approximate surface area is 148 Å². The zero-order valence-electron chi connectivity index (χ0n) is 14.9. The summed E-state index contributed by atoms with van der Waals surface area (Å²) in [6.45, 7) is 8.70. The minimum absolute atomic E-state index is 0.0174. The number of nitrogens with zero attached hydrogens (tertiary/aromatic N) is 4. The Bertz CT molecular complexity index is 681. The van der Waals surface area contributed by atoms with E-state index >= 15 is 0 Å². The summed E-state index contributed by atoms with van der Waals surface area (Å²) in [5.74, 6) is 0. The van der Waals surface area contributed by atoms with Gasteiger partial charge < -0.3 is 15.1 Å². The summed E-state index contributed by atoms with van der Waals surface area (Å²) in [6.07, 6.45) is 5.11. The molecule has 1 N–H and O–H groups in total. The first kappa shape index (κ1) is 17.4. The van der Waals surface area contributed by atoms with Gasteiger partial charge in [-0.25, -0.2) is 14.8 Å². The Hall–Kier alpha value is -2.47. The number of nitrogens with one attached hydrogen (secondary N) is 1. The molecular formula is C19H25N5O. The zero-order valence-corrected chi connectivity index (χ0v) is 14.9. The summed E-state index contributed by atoms with van der Waals surface area (Å²) >= 11 is 0. The van der Waals surface area contributed by atoms with Gasteiger partial charge >= 0.3 is 6.03 Å². The molecule has 0 aliphatic carbocycles. The summed E-state index contributed by atoms with van der Waals surface area (Å²) in [7, 11) is 0. The first-order valence-corrected chi connectivity index (χ1v) is 8.80. The van der Waals surface area contributed by atoms with Crippen molar-refractivity contribution in [3.05, 3.63) is 48.5 Å². The summed E-state index contributed by atoms with van der Waals surface area (Å²) in [5.41, 5.74) is 3.14. The van der Waals surface area contributed by atoms with Gasteiger partial charge in [0, 0.05) is 44.1 Å². The lowest BCUT2D eigenvalue weighted by Gasteiger charge is -2.34. The van der Waals surface area contributed by atoms with Crippen molar-refractivity contribution in [2.45, 2.75) is 19.9 Å². The molecule has 0 unspecified atom stereocenters. The molecule has 0 bridgehead atoms. The number of benzene rings is 1. The van der Waals surface area contributed by atoms with Gasteiger partial charge in [0.2, 0.25) is 0 Å². The molecule has 2 heterocycles. The highest BCUT2D eigenvalue weighted by atomic mass is 16.2. The minimum Gasteiger partial charge on any atom is -0.331 e. The van der Waals surface area contributed by atoms with E-state index in [1.165, 1.54) is 6.33 Å². The van der Waals surface area contributed by atoms with Gasteiger partial charge in [0.15, 0.2) is 0 Å². The molecule has 25 heavy (non-hydrogen) atoms.